The summed E-state index contributed by atoms with van der Waals surface area (Å²) in [6, 6.07) is 21.0. The van der Waals surface area contributed by atoms with Crippen molar-refractivity contribution >= 4 is 72.4 Å². The Hall–Kier alpha value is -5.10. The van der Waals surface area contributed by atoms with Gasteiger partial charge in [0.15, 0.2) is 0 Å². The van der Waals surface area contributed by atoms with E-state index in [4.69, 9.17) is 0 Å². The lowest BCUT2D eigenvalue weighted by Gasteiger charge is -2.33. The number of para-hydroxylation sites is 1. The molecular formula is C37H28N2O4. The fourth-order valence-corrected chi connectivity index (χ4v) is 7.36. The molecule has 0 spiro atoms. The quantitative estimate of drug-likeness (QED) is 0.124. The van der Waals surface area contributed by atoms with Crippen molar-refractivity contribution < 1.29 is 19.2 Å². The Bertz CT molecular complexity index is 2150. The highest BCUT2D eigenvalue weighted by atomic mass is 16.2. The maximum absolute atomic E-state index is 14.4. The molecule has 4 amide bonds. The summed E-state index contributed by atoms with van der Waals surface area (Å²) in [4.78, 5) is 57.5. The molecule has 0 aromatic heterocycles. The molecule has 6 aromatic rings. The minimum atomic E-state index is -0.327. The van der Waals surface area contributed by atoms with Crippen LogP contribution in [-0.2, 0) is 0 Å². The second-order valence-corrected chi connectivity index (χ2v) is 12.4. The number of benzene rings is 6. The lowest BCUT2D eigenvalue weighted by Crippen LogP contribution is -2.41. The van der Waals surface area contributed by atoms with Gasteiger partial charge in [-0.1, -0.05) is 70.2 Å². The molecule has 0 atom stereocenters. The van der Waals surface area contributed by atoms with Gasteiger partial charge in [-0.3, -0.25) is 24.1 Å². The number of imide groups is 2. The molecule has 0 radical (unpaired) electrons. The molecule has 0 N–H and O–H groups in total. The van der Waals surface area contributed by atoms with Crippen molar-refractivity contribution in [3.05, 3.63) is 100 Å². The molecule has 6 aromatic carbocycles. The van der Waals surface area contributed by atoms with E-state index in [1.807, 2.05) is 54.6 Å². The van der Waals surface area contributed by atoms with Crippen molar-refractivity contribution in [2.24, 2.45) is 0 Å². The van der Waals surface area contributed by atoms with Crippen molar-refractivity contribution in [1.82, 2.24) is 4.90 Å². The summed E-state index contributed by atoms with van der Waals surface area (Å²) in [6.45, 7) is 8.31. The molecule has 2 aliphatic rings. The lowest BCUT2D eigenvalue weighted by molar-refractivity contribution is 0.0650. The summed E-state index contributed by atoms with van der Waals surface area (Å²) in [6.07, 6.45) is 0. The molecule has 2 heterocycles. The molecule has 0 unspecified atom stereocenters. The van der Waals surface area contributed by atoms with Crippen LogP contribution >= 0.6 is 0 Å². The van der Waals surface area contributed by atoms with E-state index in [0.717, 1.165) is 48.3 Å². The largest absolute Gasteiger partial charge is 0.277 e. The molecule has 2 aliphatic heterocycles. The Morgan fingerprint density at radius 1 is 0.465 bits per heavy atom. The van der Waals surface area contributed by atoms with E-state index in [2.05, 4.69) is 27.7 Å². The lowest BCUT2D eigenvalue weighted by atomic mass is 9.82. The van der Waals surface area contributed by atoms with E-state index in [-0.39, 0.29) is 35.5 Å². The predicted molar refractivity (Wildman–Crippen MR) is 170 cm³/mol. The Labute approximate surface area is 247 Å². The summed E-state index contributed by atoms with van der Waals surface area (Å²) in [5.41, 5.74) is 4.59. The molecule has 0 aliphatic carbocycles. The molecule has 0 fully saturated rings. The molecule has 0 bridgehead atoms. The van der Waals surface area contributed by atoms with Crippen LogP contribution in [-0.4, -0.2) is 35.6 Å². The van der Waals surface area contributed by atoms with Gasteiger partial charge in [0.2, 0.25) is 0 Å². The minimum Gasteiger partial charge on any atom is -0.277 e. The maximum Gasteiger partial charge on any atom is 0.266 e. The number of hydrogen-bond donors (Lipinski definition) is 0. The standard InChI is InChI=1S/C37H28N2O4/c1-17(2)19-7-6-8-20(18(3)4)33(19)39-36(42)27-15-11-23-21-9-13-25-31-26(35(41)38(5)34(25)40)14-10-22(29(21)31)24-12-16-28(37(39)43)32(27)30(23)24/h6-18H,1-5H3. The molecular weight excluding hydrogens is 536 g/mol. The Kier molecular flexibility index (Phi) is 5.05. The molecule has 6 nitrogen and oxygen atoms in total. The number of rotatable bonds is 3. The second kappa shape index (κ2) is 8.48. The Balaban J connectivity index is 1.46. The Morgan fingerprint density at radius 3 is 1.16 bits per heavy atom. The summed E-state index contributed by atoms with van der Waals surface area (Å²) in [5, 5.41) is 6.53. The number of fused-ring (bicyclic) bond motifs is 2. The summed E-state index contributed by atoms with van der Waals surface area (Å²) < 4.78 is 0. The molecule has 43 heavy (non-hydrogen) atoms. The van der Waals surface area contributed by atoms with Gasteiger partial charge < -0.3 is 0 Å². The molecule has 210 valence electrons. The monoisotopic (exact) mass is 564 g/mol. The number of anilines is 1. The highest BCUT2D eigenvalue weighted by molar-refractivity contribution is 6.43. The summed E-state index contributed by atoms with van der Waals surface area (Å²) in [5.74, 6) is -1.07. The number of amides is 4. The number of nitrogens with zero attached hydrogens (tertiary/aromatic N) is 2. The molecule has 0 saturated carbocycles. The van der Waals surface area contributed by atoms with Gasteiger partial charge in [-0.15, -0.1) is 0 Å². The minimum absolute atomic E-state index is 0.114. The van der Waals surface area contributed by atoms with Gasteiger partial charge in [0.1, 0.15) is 0 Å². The van der Waals surface area contributed by atoms with Crippen LogP contribution in [0.4, 0.5) is 5.69 Å². The van der Waals surface area contributed by atoms with Gasteiger partial charge in [-0.25, -0.2) is 4.90 Å². The fraction of sp³-hybridized carbons (Fsp3) is 0.189. The molecule has 6 heteroatoms. The molecule has 0 saturated heterocycles. The summed E-state index contributed by atoms with van der Waals surface area (Å²) >= 11 is 0. The fourth-order valence-electron chi connectivity index (χ4n) is 7.36. The van der Waals surface area contributed by atoms with Crippen LogP contribution in [0, 0.1) is 0 Å². The van der Waals surface area contributed by atoms with Crippen LogP contribution in [0.2, 0.25) is 0 Å². The predicted octanol–water partition coefficient (Wildman–Crippen LogP) is 8.01. The SMILES string of the molecule is CC(C)c1cccc(C(C)C)c1N1C(=O)c2ccc3c4ccc5c6c(ccc(c7ccc(c2c37)C1=O)c64)C(=O)N(C)C5=O. The zero-order chi connectivity index (χ0) is 30.1. The van der Waals surface area contributed by atoms with E-state index >= 15 is 0 Å². The number of carbonyl (C=O) groups excluding carboxylic acids is 4. The van der Waals surface area contributed by atoms with E-state index in [9.17, 15) is 19.2 Å². The van der Waals surface area contributed by atoms with Crippen LogP contribution in [0.15, 0.2) is 66.7 Å². The van der Waals surface area contributed by atoms with Gasteiger partial charge in [0, 0.05) is 40.1 Å². The van der Waals surface area contributed by atoms with Crippen LogP contribution in [0.25, 0.3) is 43.1 Å². The first kappa shape index (κ1) is 25.6. The normalized spacial score (nSPS) is 15.1. The average Bonchev–Trinajstić information content (AvgIpc) is 3.00. The van der Waals surface area contributed by atoms with Crippen molar-refractivity contribution in [3.8, 4) is 0 Å². The zero-order valence-corrected chi connectivity index (χ0v) is 24.5. The first-order chi connectivity index (χ1) is 20.6. The van der Waals surface area contributed by atoms with Gasteiger partial charge in [-0.2, -0.15) is 0 Å². The van der Waals surface area contributed by atoms with Crippen LogP contribution in [0.5, 0.6) is 0 Å². The van der Waals surface area contributed by atoms with Crippen LogP contribution in [0.1, 0.15) is 92.1 Å². The topological polar surface area (TPSA) is 74.8 Å². The molecule has 8 rings (SSSR count). The first-order valence-electron chi connectivity index (χ1n) is 14.7. The van der Waals surface area contributed by atoms with Crippen molar-refractivity contribution in [1.29, 1.82) is 0 Å². The third kappa shape index (κ3) is 3.07. The average molecular weight is 565 g/mol. The highest BCUT2D eigenvalue weighted by Crippen LogP contribution is 2.47. The zero-order valence-electron chi connectivity index (χ0n) is 24.5. The summed E-state index contributed by atoms with van der Waals surface area (Å²) in [7, 11) is 1.51. The maximum atomic E-state index is 14.4. The van der Waals surface area contributed by atoms with E-state index in [1.165, 1.54) is 11.9 Å². The second-order valence-electron chi connectivity index (χ2n) is 12.4. The third-order valence-corrected chi connectivity index (χ3v) is 9.40. The van der Waals surface area contributed by atoms with Gasteiger partial charge in [-0.05, 0) is 79.5 Å². The van der Waals surface area contributed by atoms with Gasteiger partial charge >= 0.3 is 0 Å². The van der Waals surface area contributed by atoms with Gasteiger partial charge in [0.25, 0.3) is 23.6 Å². The number of hydrogen-bond acceptors (Lipinski definition) is 4. The van der Waals surface area contributed by atoms with E-state index in [0.29, 0.717) is 38.7 Å². The van der Waals surface area contributed by atoms with Crippen LogP contribution < -0.4 is 4.90 Å². The smallest absolute Gasteiger partial charge is 0.266 e. The number of carbonyl (C=O) groups is 4. The van der Waals surface area contributed by atoms with E-state index in [1.54, 1.807) is 12.1 Å². The third-order valence-electron chi connectivity index (χ3n) is 9.40. The van der Waals surface area contributed by atoms with Crippen molar-refractivity contribution in [2.45, 2.75) is 39.5 Å². The highest BCUT2D eigenvalue weighted by Gasteiger charge is 2.38. The Morgan fingerprint density at radius 2 is 0.814 bits per heavy atom. The van der Waals surface area contributed by atoms with Crippen molar-refractivity contribution in [3.63, 3.8) is 0 Å². The van der Waals surface area contributed by atoms with Gasteiger partial charge in [0.05, 0.1) is 5.69 Å². The first-order valence-corrected chi connectivity index (χ1v) is 14.7. The van der Waals surface area contributed by atoms with Crippen molar-refractivity contribution in [2.75, 3.05) is 11.9 Å². The van der Waals surface area contributed by atoms with E-state index < -0.39 is 0 Å². The van der Waals surface area contributed by atoms with Crippen LogP contribution in [0.3, 0.4) is 0 Å².